The van der Waals surface area contributed by atoms with E-state index in [2.05, 4.69) is 11.6 Å². The minimum Gasteiger partial charge on any atom is -0.294 e. The Bertz CT molecular complexity index is 320. The second-order valence-corrected chi connectivity index (χ2v) is 3.13. The van der Waals surface area contributed by atoms with Gasteiger partial charge in [-0.1, -0.05) is 20.4 Å². The van der Waals surface area contributed by atoms with Crippen LogP contribution in [0.1, 0.15) is 42.7 Å². The van der Waals surface area contributed by atoms with E-state index in [-0.39, 0.29) is 5.78 Å². The van der Waals surface area contributed by atoms with Crippen LogP contribution in [0.3, 0.4) is 0 Å². The molecule has 0 radical (unpaired) electrons. The minimum absolute atomic E-state index is 0.128. The van der Waals surface area contributed by atoms with Crippen LogP contribution in [-0.2, 0) is 0 Å². The average Bonchev–Trinajstić information content (AvgIpc) is 2.27. The van der Waals surface area contributed by atoms with Gasteiger partial charge < -0.3 is 0 Å². The van der Waals surface area contributed by atoms with Crippen LogP contribution in [0.4, 0.5) is 0 Å². The molecule has 1 rings (SSSR count). The molecule has 0 spiro atoms. The van der Waals surface area contributed by atoms with Crippen LogP contribution < -0.4 is 0 Å². The molecule has 0 aliphatic rings. The topological polar surface area (TPSA) is 30.0 Å². The lowest BCUT2D eigenvalue weighted by atomic mass is 10.0. The molecule has 1 heterocycles. The van der Waals surface area contributed by atoms with Crippen molar-refractivity contribution in [2.75, 3.05) is 0 Å². The van der Waals surface area contributed by atoms with Crippen molar-refractivity contribution in [1.29, 1.82) is 0 Å². The number of carbonyl (C=O) groups excluding carboxylic acids is 1. The number of ketones is 1. The van der Waals surface area contributed by atoms with Crippen molar-refractivity contribution in [2.45, 2.75) is 26.7 Å². The van der Waals surface area contributed by atoms with Gasteiger partial charge in [-0.25, -0.2) is 0 Å². The fourth-order valence-electron chi connectivity index (χ4n) is 1.27. The van der Waals surface area contributed by atoms with Gasteiger partial charge in [0.05, 0.1) is 5.69 Å². The van der Waals surface area contributed by atoms with E-state index < -0.39 is 0 Å². The smallest absolute Gasteiger partial charge is 0.164 e. The highest BCUT2D eigenvalue weighted by Crippen LogP contribution is 2.18. The Balaban J connectivity index is 3.15. The van der Waals surface area contributed by atoms with E-state index in [0.29, 0.717) is 12.0 Å². The SMILES string of the molecule is C=C(CC)c1ncccc1C(=O)CC. The second kappa shape index (κ2) is 4.70. The van der Waals surface area contributed by atoms with E-state index in [9.17, 15) is 4.79 Å². The molecule has 0 atom stereocenters. The Morgan fingerprint density at radius 2 is 2.14 bits per heavy atom. The van der Waals surface area contributed by atoms with Crippen molar-refractivity contribution in [1.82, 2.24) is 4.98 Å². The van der Waals surface area contributed by atoms with Crippen LogP contribution in [0.5, 0.6) is 0 Å². The van der Waals surface area contributed by atoms with Gasteiger partial charge >= 0.3 is 0 Å². The van der Waals surface area contributed by atoms with E-state index in [4.69, 9.17) is 0 Å². The van der Waals surface area contributed by atoms with Crippen molar-refractivity contribution >= 4 is 11.4 Å². The summed E-state index contributed by atoms with van der Waals surface area (Å²) in [7, 11) is 0. The van der Waals surface area contributed by atoms with Gasteiger partial charge in [0, 0.05) is 18.2 Å². The highest BCUT2D eigenvalue weighted by molar-refractivity contribution is 5.99. The van der Waals surface area contributed by atoms with Crippen molar-refractivity contribution in [3.05, 3.63) is 36.2 Å². The normalized spacial score (nSPS) is 9.86. The predicted octanol–water partition coefficient (Wildman–Crippen LogP) is 3.10. The van der Waals surface area contributed by atoms with Gasteiger partial charge in [0.1, 0.15) is 0 Å². The first-order valence-corrected chi connectivity index (χ1v) is 4.87. The molecule has 74 valence electrons. The standard InChI is InChI=1S/C12H15NO/c1-4-9(3)12-10(11(14)5-2)7-6-8-13-12/h6-8H,3-5H2,1-2H3. The monoisotopic (exact) mass is 189 g/mol. The van der Waals surface area contributed by atoms with Crippen molar-refractivity contribution in [3.8, 4) is 0 Å². The molecular formula is C12H15NO. The Kier molecular flexibility index (Phi) is 3.57. The number of pyridine rings is 1. The maximum Gasteiger partial charge on any atom is 0.164 e. The van der Waals surface area contributed by atoms with Crippen LogP contribution in [0.25, 0.3) is 5.57 Å². The summed E-state index contributed by atoms with van der Waals surface area (Å²) in [6.45, 7) is 7.77. The summed E-state index contributed by atoms with van der Waals surface area (Å²) >= 11 is 0. The summed E-state index contributed by atoms with van der Waals surface area (Å²) in [5, 5.41) is 0. The van der Waals surface area contributed by atoms with E-state index in [0.717, 1.165) is 17.7 Å². The third-order valence-corrected chi connectivity index (χ3v) is 2.19. The molecule has 2 heteroatoms. The van der Waals surface area contributed by atoms with Gasteiger partial charge in [-0.05, 0) is 24.1 Å². The van der Waals surface area contributed by atoms with Gasteiger partial charge in [0.15, 0.2) is 5.78 Å². The summed E-state index contributed by atoms with van der Waals surface area (Å²) < 4.78 is 0. The summed E-state index contributed by atoms with van der Waals surface area (Å²) in [4.78, 5) is 15.8. The molecule has 0 unspecified atom stereocenters. The fourth-order valence-corrected chi connectivity index (χ4v) is 1.27. The van der Waals surface area contributed by atoms with Crippen LogP contribution in [0.15, 0.2) is 24.9 Å². The number of Topliss-reactive ketones (excluding diaryl/α,β-unsaturated/α-hetero) is 1. The molecular weight excluding hydrogens is 174 g/mol. The third-order valence-electron chi connectivity index (χ3n) is 2.19. The molecule has 0 aliphatic carbocycles. The first-order chi connectivity index (χ1) is 6.70. The Hall–Kier alpha value is -1.44. The van der Waals surface area contributed by atoms with Gasteiger partial charge in [-0.2, -0.15) is 0 Å². The maximum atomic E-state index is 11.6. The number of hydrogen-bond donors (Lipinski definition) is 0. The second-order valence-electron chi connectivity index (χ2n) is 3.13. The molecule has 2 nitrogen and oxygen atoms in total. The molecule has 0 fully saturated rings. The van der Waals surface area contributed by atoms with Crippen LogP contribution >= 0.6 is 0 Å². The van der Waals surface area contributed by atoms with Crippen molar-refractivity contribution < 1.29 is 4.79 Å². The number of nitrogens with zero attached hydrogens (tertiary/aromatic N) is 1. The number of aromatic nitrogens is 1. The highest BCUT2D eigenvalue weighted by atomic mass is 16.1. The zero-order valence-electron chi connectivity index (χ0n) is 8.71. The van der Waals surface area contributed by atoms with E-state index in [1.54, 1.807) is 12.3 Å². The molecule has 1 aromatic heterocycles. The first kappa shape index (κ1) is 10.6. The van der Waals surface area contributed by atoms with E-state index in [1.807, 2.05) is 19.9 Å². The summed E-state index contributed by atoms with van der Waals surface area (Å²) in [5.41, 5.74) is 2.37. The predicted molar refractivity (Wildman–Crippen MR) is 58.2 cm³/mol. The van der Waals surface area contributed by atoms with E-state index >= 15 is 0 Å². The zero-order chi connectivity index (χ0) is 10.6. The maximum absolute atomic E-state index is 11.6. The Labute approximate surface area is 84.7 Å². The molecule has 0 saturated carbocycles. The zero-order valence-corrected chi connectivity index (χ0v) is 8.71. The van der Waals surface area contributed by atoms with Gasteiger partial charge in [-0.15, -0.1) is 0 Å². The Morgan fingerprint density at radius 1 is 1.43 bits per heavy atom. The summed E-state index contributed by atoms with van der Waals surface area (Å²) in [6.07, 6.45) is 3.03. The Morgan fingerprint density at radius 3 is 2.71 bits per heavy atom. The minimum atomic E-state index is 0.128. The molecule has 14 heavy (non-hydrogen) atoms. The van der Waals surface area contributed by atoms with Crippen molar-refractivity contribution in [2.24, 2.45) is 0 Å². The molecule has 0 aromatic carbocycles. The number of carbonyl (C=O) groups is 1. The van der Waals surface area contributed by atoms with Gasteiger partial charge in [0.2, 0.25) is 0 Å². The quantitative estimate of drug-likeness (QED) is 0.681. The first-order valence-electron chi connectivity index (χ1n) is 4.87. The number of rotatable bonds is 4. The highest BCUT2D eigenvalue weighted by Gasteiger charge is 2.11. The average molecular weight is 189 g/mol. The van der Waals surface area contributed by atoms with Crippen LogP contribution in [-0.4, -0.2) is 10.8 Å². The lowest BCUT2D eigenvalue weighted by Crippen LogP contribution is -2.03. The summed E-state index contributed by atoms with van der Waals surface area (Å²) in [6, 6.07) is 3.60. The molecule has 0 aliphatic heterocycles. The van der Waals surface area contributed by atoms with E-state index in [1.165, 1.54) is 0 Å². The molecule has 0 saturated heterocycles. The van der Waals surface area contributed by atoms with Crippen molar-refractivity contribution in [3.63, 3.8) is 0 Å². The lowest BCUT2D eigenvalue weighted by Gasteiger charge is -2.07. The molecule has 1 aromatic rings. The largest absolute Gasteiger partial charge is 0.294 e. The fraction of sp³-hybridized carbons (Fsp3) is 0.333. The summed E-state index contributed by atoms with van der Waals surface area (Å²) in [5.74, 6) is 0.128. The van der Waals surface area contributed by atoms with Crippen LogP contribution in [0, 0.1) is 0 Å². The van der Waals surface area contributed by atoms with Gasteiger partial charge in [0.25, 0.3) is 0 Å². The number of allylic oxidation sites excluding steroid dienone is 1. The van der Waals surface area contributed by atoms with Gasteiger partial charge in [-0.3, -0.25) is 9.78 Å². The molecule has 0 N–H and O–H groups in total. The lowest BCUT2D eigenvalue weighted by molar-refractivity contribution is 0.0987. The molecule has 0 amide bonds. The number of hydrogen-bond acceptors (Lipinski definition) is 2. The molecule has 0 bridgehead atoms. The third kappa shape index (κ3) is 2.08. The van der Waals surface area contributed by atoms with Crippen LogP contribution in [0.2, 0.25) is 0 Å².